The first-order valence-corrected chi connectivity index (χ1v) is 5.56. The summed E-state index contributed by atoms with van der Waals surface area (Å²) in [5.74, 6) is 0.610. The maximum Gasteiger partial charge on any atom is 0.239 e. The third-order valence-corrected chi connectivity index (χ3v) is 2.40. The van der Waals surface area contributed by atoms with Crippen molar-refractivity contribution in [1.82, 2.24) is 25.3 Å². The van der Waals surface area contributed by atoms with Crippen LogP contribution in [-0.4, -0.2) is 46.0 Å². The second-order valence-corrected chi connectivity index (χ2v) is 3.82. The van der Waals surface area contributed by atoms with Crippen LogP contribution in [0, 0.1) is 0 Å². The molecule has 8 nitrogen and oxygen atoms in total. The Kier molecular flexibility index (Phi) is 3.26. The topological polar surface area (TPSA) is 113 Å². The van der Waals surface area contributed by atoms with Gasteiger partial charge in [0.05, 0.1) is 12.9 Å². The van der Waals surface area contributed by atoms with Gasteiger partial charge >= 0.3 is 0 Å². The second-order valence-electron chi connectivity index (χ2n) is 3.82. The van der Waals surface area contributed by atoms with Crippen LogP contribution in [0.3, 0.4) is 0 Å². The molecule has 2 aromatic heterocycles. The van der Waals surface area contributed by atoms with Gasteiger partial charge in [-0.25, -0.2) is 4.98 Å². The Hall–Kier alpha value is -2.38. The Morgan fingerprint density at radius 3 is 3.06 bits per heavy atom. The number of aromatic nitrogens is 4. The molecular weight excluding hydrogens is 234 g/mol. The molecule has 4 N–H and O–H groups in total. The van der Waals surface area contributed by atoms with E-state index in [4.69, 9.17) is 5.73 Å². The number of nitrogens with two attached hydrogens (primary N) is 1. The summed E-state index contributed by atoms with van der Waals surface area (Å²) < 4.78 is 0. The quantitative estimate of drug-likeness (QED) is 0.673. The third-order valence-electron chi connectivity index (χ3n) is 2.40. The summed E-state index contributed by atoms with van der Waals surface area (Å²) in [6, 6.07) is 0. The normalized spacial score (nSPS) is 10.6. The van der Waals surface area contributed by atoms with Gasteiger partial charge in [-0.05, 0) is 6.92 Å². The fraction of sp³-hybridized carbons (Fsp3) is 0.400. The molecule has 18 heavy (non-hydrogen) atoms. The van der Waals surface area contributed by atoms with E-state index in [0.717, 1.165) is 0 Å². The molecule has 0 atom stereocenters. The standard InChI is InChI=1S/C10H15N7O/c1-3-12-6(18)4-17(2)9-7-8(14-5-13-7)15-10(11)16-9/h5H,3-4H2,1-2H3,(H,12,18)(H3,11,13,14,15,16). The number of aromatic amines is 1. The van der Waals surface area contributed by atoms with Crippen LogP contribution in [0.4, 0.5) is 11.8 Å². The first-order chi connectivity index (χ1) is 8.61. The number of likely N-dealkylation sites (N-methyl/N-ethyl adjacent to an activating group) is 2. The molecule has 0 saturated carbocycles. The maximum absolute atomic E-state index is 11.5. The average Bonchev–Trinajstić information content (AvgIpc) is 2.75. The van der Waals surface area contributed by atoms with Gasteiger partial charge in [-0.3, -0.25) is 4.79 Å². The Morgan fingerprint density at radius 1 is 1.56 bits per heavy atom. The monoisotopic (exact) mass is 249 g/mol. The van der Waals surface area contributed by atoms with E-state index in [9.17, 15) is 4.79 Å². The summed E-state index contributed by atoms with van der Waals surface area (Å²) in [5, 5.41) is 2.72. The molecule has 2 heterocycles. The van der Waals surface area contributed by atoms with Crippen molar-refractivity contribution in [2.24, 2.45) is 0 Å². The number of nitrogen functional groups attached to an aromatic ring is 1. The highest BCUT2D eigenvalue weighted by Gasteiger charge is 2.14. The number of hydrogen-bond acceptors (Lipinski definition) is 6. The van der Waals surface area contributed by atoms with Gasteiger partial charge in [-0.2, -0.15) is 9.97 Å². The zero-order valence-corrected chi connectivity index (χ0v) is 10.3. The lowest BCUT2D eigenvalue weighted by molar-refractivity contribution is -0.119. The molecule has 8 heteroatoms. The zero-order chi connectivity index (χ0) is 13.1. The van der Waals surface area contributed by atoms with E-state index in [1.54, 1.807) is 11.9 Å². The number of imidazole rings is 1. The Morgan fingerprint density at radius 2 is 2.33 bits per heavy atom. The number of H-pyrrole nitrogens is 1. The van der Waals surface area contributed by atoms with Crippen LogP contribution in [0.15, 0.2) is 6.33 Å². The van der Waals surface area contributed by atoms with Crippen LogP contribution in [0.5, 0.6) is 0 Å². The van der Waals surface area contributed by atoms with Gasteiger partial charge in [0.25, 0.3) is 0 Å². The van der Waals surface area contributed by atoms with Crippen molar-refractivity contribution in [2.75, 3.05) is 30.8 Å². The van der Waals surface area contributed by atoms with E-state index < -0.39 is 0 Å². The number of rotatable bonds is 4. The summed E-state index contributed by atoms with van der Waals surface area (Å²) >= 11 is 0. The van der Waals surface area contributed by atoms with Crippen molar-refractivity contribution in [2.45, 2.75) is 6.92 Å². The lowest BCUT2D eigenvalue weighted by Gasteiger charge is -2.17. The van der Waals surface area contributed by atoms with Crippen LogP contribution in [0.1, 0.15) is 6.92 Å². The summed E-state index contributed by atoms with van der Waals surface area (Å²) in [4.78, 5) is 28.3. The number of carbonyl (C=O) groups excluding carboxylic acids is 1. The Balaban J connectivity index is 2.29. The first kappa shape index (κ1) is 12.1. The van der Waals surface area contributed by atoms with Crippen molar-refractivity contribution in [3.05, 3.63) is 6.33 Å². The van der Waals surface area contributed by atoms with Gasteiger partial charge in [-0.15, -0.1) is 0 Å². The van der Waals surface area contributed by atoms with Gasteiger partial charge in [0.2, 0.25) is 11.9 Å². The van der Waals surface area contributed by atoms with E-state index in [2.05, 4.69) is 25.3 Å². The predicted octanol–water partition coefficient (Wildman–Crippen LogP) is -0.493. The van der Waals surface area contributed by atoms with E-state index in [0.29, 0.717) is 23.5 Å². The molecule has 2 aromatic rings. The summed E-state index contributed by atoms with van der Waals surface area (Å²) in [5.41, 5.74) is 6.76. The number of hydrogen-bond donors (Lipinski definition) is 3. The third kappa shape index (κ3) is 2.31. The van der Waals surface area contributed by atoms with E-state index in [1.807, 2.05) is 6.92 Å². The largest absolute Gasteiger partial charge is 0.368 e. The zero-order valence-electron chi connectivity index (χ0n) is 10.3. The molecule has 2 rings (SSSR count). The van der Waals surface area contributed by atoms with Gasteiger partial charge in [0, 0.05) is 13.6 Å². The molecule has 0 aromatic carbocycles. The fourth-order valence-electron chi connectivity index (χ4n) is 1.65. The van der Waals surface area contributed by atoms with Gasteiger partial charge in [0.1, 0.15) is 5.52 Å². The van der Waals surface area contributed by atoms with E-state index >= 15 is 0 Å². The predicted molar refractivity (Wildman–Crippen MR) is 68.0 cm³/mol. The van der Waals surface area contributed by atoms with Gasteiger partial charge in [-0.1, -0.05) is 0 Å². The molecule has 0 fully saturated rings. The molecule has 0 aliphatic rings. The average molecular weight is 249 g/mol. The minimum atomic E-state index is -0.0788. The van der Waals surface area contributed by atoms with Crippen LogP contribution < -0.4 is 16.0 Å². The minimum absolute atomic E-state index is 0.0788. The molecule has 0 unspecified atom stereocenters. The molecular formula is C10H15N7O. The highest BCUT2D eigenvalue weighted by molar-refractivity contribution is 5.87. The van der Waals surface area contributed by atoms with Crippen molar-refractivity contribution < 1.29 is 4.79 Å². The lowest BCUT2D eigenvalue weighted by atomic mass is 10.4. The summed E-state index contributed by atoms with van der Waals surface area (Å²) in [6.45, 7) is 2.66. The number of amides is 1. The van der Waals surface area contributed by atoms with Crippen molar-refractivity contribution in [3.63, 3.8) is 0 Å². The number of carbonyl (C=O) groups is 1. The molecule has 0 saturated heterocycles. The SMILES string of the molecule is CCNC(=O)CN(C)c1nc(N)nc2nc[nH]c12. The fourth-order valence-corrected chi connectivity index (χ4v) is 1.65. The van der Waals surface area contributed by atoms with Crippen LogP contribution in [-0.2, 0) is 4.79 Å². The van der Waals surface area contributed by atoms with Crippen LogP contribution in [0.2, 0.25) is 0 Å². The lowest BCUT2D eigenvalue weighted by Crippen LogP contribution is -2.35. The number of nitrogens with one attached hydrogen (secondary N) is 2. The van der Waals surface area contributed by atoms with Crippen LogP contribution >= 0.6 is 0 Å². The van der Waals surface area contributed by atoms with Crippen molar-refractivity contribution >= 4 is 28.8 Å². The molecule has 96 valence electrons. The van der Waals surface area contributed by atoms with Crippen molar-refractivity contribution in [1.29, 1.82) is 0 Å². The molecule has 0 aliphatic carbocycles. The minimum Gasteiger partial charge on any atom is -0.368 e. The number of fused-ring (bicyclic) bond motifs is 1. The van der Waals surface area contributed by atoms with Crippen LogP contribution in [0.25, 0.3) is 11.2 Å². The summed E-state index contributed by atoms with van der Waals surface area (Å²) in [7, 11) is 1.76. The smallest absolute Gasteiger partial charge is 0.239 e. The molecule has 1 amide bonds. The first-order valence-electron chi connectivity index (χ1n) is 5.56. The number of nitrogens with zero attached hydrogens (tertiary/aromatic N) is 4. The van der Waals surface area contributed by atoms with Gasteiger partial charge < -0.3 is 20.9 Å². The highest BCUT2D eigenvalue weighted by atomic mass is 16.2. The Bertz CT molecular complexity index is 564. The maximum atomic E-state index is 11.5. The molecule has 0 bridgehead atoms. The Labute approximate surface area is 104 Å². The molecule has 0 spiro atoms. The molecule has 0 radical (unpaired) electrons. The van der Waals surface area contributed by atoms with E-state index in [-0.39, 0.29) is 18.4 Å². The van der Waals surface area contributed by atoms with Gasteiger partial charge in [0.15, 0.2) is 11.5 Å². The van der Waals surface area contributed by atoms with E-state index in [1.165, 1.54) is 6.33 Å². The van der Waals surface area contributed by atoms with Crippen molar-refractivity contribution in [3.8, 4) is 0 Å². The second kappa shape index (κ2) is 4.86. The highest BCUT2D eigenvalue weighted by Crippen LogP contribution is 2.20. The summed E-state index contributed by atoms with van der Waals surface area (Å²) in [6.07, 6.45) is 1.52. The molecule has 0 aliphatic heterocycles. The number of anilines is 2.